The standard InChI is InChI=1S/C18H19ClN2O3/c1-10-7-12(3)16(8-11(10)2)13(4)20-18(22)15-6-5-14(21(23)24)9-17(15)19/h5-9,13H,1-4H3,(H,20,22)/t13-/m1/s1. The normalized spacial score (nSPS) is 11.9. The maximum Gasteiger partial charge on any atom is 0.270 e. The van der Waals surface area contributed by atoms with Crippen LogP contribution in [0.25, 0.3) is 0 Å². The van der Waals surface area contributed by atoms with Gasteiger partial charge in [0, 0.05) is 12.1 Å². The molecule has 0 heterocycles. The molecule has 0 aliphatic rings. The van der Waals surface area contributed by atoms with Crippen molar-refractivity contribution in [2.24, 2.45) is 0 Å². The van der Waals surface area contributed by atoms with Gasteiger partial charge in [-0.05, 0) is 56.0 Å². The first kappa shape index (κ1) is 17.9. The largest absolute Gasteiger partial charge is 0.345 e. The van der Waals surface area contributed by atoms with Gasteiger partial charge in [-0.1, -0.05) is 23.7 Å². The summed E-state index contributed by atoms with van der Waals surface area (Å²) in [6, 6.07) is 7.77. The Morgan fingerprint density at radius 3 is 2.33 bits per heavy atom. The van der Waals surface area contributed by atoms with Crippen LogP contribution in [0.1, 0.15) is 45.6 Å². The van der Waals surface area contributed by atoms with Crippen LogP contribution in [0.3, 0.4) is 0 Å². The fraction of sp³-hybridized carbons (Fsp3) is 0.278. The van der Waals surface area contributed by atoms with Crippen molar-refractivity contribution in [2.45, 2.75) is 33.7 Å². The molecule has 1 atom stereocenters. The second kappa shape index (κ2) is 7.01. The van der Waals surface area contributed by atoms with Crippen LogP contribution < -0.4 is 5.32 Å². The lowest BCUT2D eigenvalue weighted by Gasteiger charge is -2.19. The number of nitrogens with one attached hydrogen (secondary N) is 1. The third-order valence-corrected chi connectivity index (χ3v) is 4.42. The van der Waals surface area contributed by atoms with E-state index in [4.69, 9.17) is 11.6 Å². The van der Waals surface area contributed by atoms with Crippen LogP contribution >= 0.6 is 11.6 Å². The van der Waals surface area contributed by atoms with E-state index in [1.807, 2.05) is 27.7 Å². The fourth-order valence-corrected chi connectivity index (χ4v) is 2.86. The average molecular weight is 347 g/mol. The van der Waals surface area contributed by atoms with Gasteiger partial charge in [0.1, 0.15) is 0 Å². The van der Waals surface area contributed by atoms with E-state index < -0.39 is 4.92 Å². The Morgan fingerprint density at radius 2 is 1.75 bits per heavy atom. The molecular weight excluding hydrogens is 328 g/mol. The maximum atomic E-state index is 12.4. The molecule has 0 spiro atoms. The Morgan fingerprint density at radius 1 is 1.12 bits per heavy atom. The Balaban J connectivity index is 2.23. The predicted molar refractivity (Wildman–Crippen MR) is 94.6 cm³/mol. The van der Waals surface area contributed by atoms with Crippen molar-refractivity contribution in [3.05, 3.63) is 73.3 Å². The highest BCUT2D eigenvalue weighted by atomic mass is 35.5. The number of nitro benzene ring substituents is 1. The Labute approximate surface area is 145 Å². The third-order valence-electron chi connectivity index (χ3n) is 4.10. The van der Waals surface area contributed by atoms with Crippen molar-refractivity contribution in [2.75, 3.05) is 0 Å². The zero-order valence-corrected chi connectivity index (χ0v) is 14.8. The number of carbonyl (C=O) groups is 1. The molecule has 0 fully saturated rings. The number of amides is 1. The van der Waals surface area contributed by atoms with Gasteiger partial charge in [-0.15, -0.1) is 0 Å². The van der Waals surface area contributed by atoms with Crippen molar-refractivity contribution >= 4 is 23.2 Å². The summed E-state index contributed by atoms with van der Waals surface area (Å²) in [7, 11) is 0. The molecule has 0 aliphatic carbocycles. The first-order chi connectivity index (χ1) is 11.2. The molecule has 2 aromatic rings. The van der Waals surface area contributed by atoms with Crippen LogP contribution in [0, 0.1) is 30.9 Å². The summed E-state index contributed by atoms with van der Waals surface area (Å²) in [5.41, 5.74) is 4.56. The number of hydrogen-bond acceptors (Lipinski definition) is 3. The van der Waals surface area contributed by atoms with Crippen LogP contribution in [0.5, 0.6) is 0 Å². The van der Waals surface area contributed by atoms with Gasteiger partial charge in [-0.3, -0.25) is 14.9 Å². The molecule has 0 aromatic heterocycles. The molecule has 6 heteroatoms. The minimum absolute atomic E-state index is 0.0608. The van der Waals surface area contributed by atoms with E-state index in [0.29, 0.717) is 0 Å². The van der Waals surface area contributed by atoms with Crippen LogP contribution in [0.2, 0.25) is 5.02 Å². The highest BCUT2D eigenvalue weighted by Crippen LogP contribution is 2.25. The quantitative estimate of drug-likeness (QED) is 0.646. The molecule has 2 aromatic carbocycles. The number of rotatable bonds is 4. The molecule has 0 radical (unpaired) electrons. The van der Waals surface area contributed by atoms with Crippen LogP contribution in [-0.4, -0.2) is 10.8 Å². The number of carbonyl (C=O) groups excluding carboxylic acids is 1. The minimum Gasteiger partial charge on any atom is -0.345 e. The number of benzene rings is 2. The molecule has 0 saturated carbocycles. The molecule has 1 N–H and O–H groups in total. The number of nitrogens with zero attached hydrogens (tertiary/aromatic N) is 1. The molecule has 0 aliphatic heterocycles. The number of aryl methyl sites for hydroxylation is 3. The first-order valence-electron chi connectivity index (χ1n) is 7.53. The van der Waals surface area contributed by atoms with Crippen molar-refractivity contribution in [3.8, 4) is 0 Å². The molecule has 1 amide bonds. The zero-order valence-electron chi connectivity index (χ0n) is 14.0. The summed E-state index contributed by atoms with van der Waals surface area (Å²) in [6.07, 6.45) is 0. The minimum atomic E-state index is -0.547. The molecule has 0 saturated heterocycles. The van der Waals surface area contributed by atoms with Crippen molar-refractivity contribution in [1.29, 1.82) is 0 Å². The van der Waals surface area contributed by atoms with E-state index in [1.165, 1.54) is 23.8 Å². The molecule has 0 unspecified atom stereocenters. The third kappa shape index (κ3) is 3.74. The summed E-state index contributed by atoms with van der Waals surface area (Å²) in [5.74, 6) is -0.361. The lowest BCUT2D eigenvalue weighted by Crippen LogP contribution is -2.27. The summed E-state index contributed by atoms with van der Waals surface area (Å²) in [6.45, 7) is 7.98. The zero-order chi connectivity index (χ0) is 18.0. The highest BCUT2D eigenvalue weighted by molar-refractivity contribution is 6.34. The summed E-state index contributed by atoms with van der Waals surface area (Å²) in [4.78, 5) is 22.6. The topological polar surface area (TPSA) is 72.2 Å². The second-order valence-corrected chi connectivity index (χ2v) is 6.32. The van der Waals surface area contributed by atoms with E-state index in [-0.39, 0.29) is 28.2 Å². The van der Waals surface area contributed by atoms with Gasteiger partial charge in [-0.2, -0.15) is 0 Å². The smallest absolute Gasteiger partial charge is 0.270 e. The Hall–Kier alpha value is -2.40. The summed E-state index contributed by atoms with van der Waals surface area (Å²) in [5, 5.41) is 13.7. The number of hydrogen-bond donors (Lipinski definition) is 1. The molecule has 126 valence electrons. The monoisotopic (exact) mass is 346 g/mol. The second-order valence-electron chi connectivity index (χ2n) is 5.91. The van der Waals surface area contributed by atoms with E-state index >= 15 is 0 Å². The van der Waals surface area contributed by atoms with E-state index in [0.717, 1.165) is 16.7 Å². The Kier molecular flexibility index (Phi) is 5.24. The van der Waals surface area contributed by atoms with Crippen LogP contribution in [-0.2, 0) is 0 Å². The van der Waals surface area contributed by atoms with E-state index in [1.54, 1.807) is 0 Å². The number of nitro groups is 1. The van der Waals surface area contributed by atoms with Crippen molar-refractivity contribution in [1.82, 2.24) is 5.32 Å². The van der Waals surface area contributed by atoms with Gasteiger partial charge in [0.25, 0.3) is 11.6 Å². The summed E-state index contributed by atoms with van der Waals surface area (Å²) < 4.78 is 0. The highest BCUT2D eigenvalue weighted by Gasteiger charge is 2.18. The molecule has 24 heavy (non-hydrogen) atoms. The number of halogens is 1. The Bertz CT molecular complexity index is 818. The SMILES string of the molecule is Cc1cc(C)c([C@@H](C)NC(=O)c2ccc([N+](=O)[O-])cc2Cl)cc1C. The van der Waals surface area contributed by atoms with Gasteiger partial charge in [0.15, 0.2) is 0 Å². The van der Waals surface area contributed by atoms with E-state index in [9.17, 15) is 14.9 Å². The van der Waals surface area contributed by atoms with Gasteiger partial charge in [0.2, 0.25) is 0 Å². The van der Waals surface area contributed by atoms with Crippen LogP contribution in [0.15, 0.2) is 30.3 Å². The number of non-ortho nitro benzene ring substituents is 1. The molecule has 2 rings (SSSR count). The van der Waals surface area contributed by atoms with Crippen molar-refractivity contribution < 1.29 is 9.72 Å². The maximum absolute atomic E-state index is 12.4. The summed E-state index contributed by atoms with van der Waals surface area (Å²) >= 11 is 6.01. The molecule has 0 bridgehead atoms. The van der Waals surface area contributed by atoms with Crippen molar-refractivity contribution in [3.63, 3.8) is 0 Å². The predicted octanol–water partition coefficient (Wildman–Crippen LogP) is 4.66. The van der Waals surface area contributed by atoms with Gasteiger partial charge < -0.3 is 5.32 Å². The lowest BCUT2D eigenvalue weighted by atomic mass is 9.96. The fourth-order valence-electron chi connectivity index (χ4n) is 2.60. The lowest BCUT2D eigenvalue weighted by molar-refractivity contribution is -0.384. The molecular formula is C18H19ClN2O3. The van der Waals surface area contributed by atoms with Gasteiger partial charge in [-0.25, -0.2) is 0 Å². The van der Waals surface area contributed by atoms with Gasteiger partial charge >= 0.3 is 0 Å². The van der Waals surface area contributed by atoms with E-state index in [2.05, 4.69) is 17.4 Å². The first-order valence-corrected chi connectivity index (χ1v) is 7.91. The molecule has 5 nitrogen and oxygen atoms in total. The van der Waals surface area contributed by atoms with Crippen LogP contribution in [0.4, 0.5) is 5.69 Å². The average Bonchev–Trinajstić information content (AvgIpc) is 2.50. The van der Waals surface area contributed by atoms with Gasteiger partial charge in [0.05, 0.1) is 21.6 Å².